The zero-order chi connectivity index (χ0) is 19.9. The smallest absolute Gasteiger partial charge is 0.419 e. The minimum absolute atomic E-state index is 0.0722. The molecule has 0 atom stereocenters. The third kappa shape index (κ3) is 4.50. The molecular formula is C21H19NO6. The van der Waals surface area contributed by atoms with Gasteiger partial charge in [0.05, 0.1) is 14.2 Å². The standard InChI is InChI=1S/C21H19NO6/c1-25-17-11-15(9-6-10-16-20(23)28-21(24)22-16)12-18(26-2)19(17)27-13-14-7-4-3-5-8-14/h3-12H,13H2,1-2H3,(H,22,24). The van der Waals surface area contributed by atoms with Crippen molar-refractivity contribution in [3.05, 3.63) is 71.4 Å². The van der Waals surface area contributed by atoms with Gasteiger partial charge in [-0.1, -0.05) is 42.5 Å². The van der Waals surface area contributed by atoms with Crippen LogP contribution in [0.3, 0.4) is 0 Å². The number of esters is 1. The molecule has 0 saturated carbocycles. The van der Waals surface area contributed by atoms with E-state index in [1.165, 1.54) is 6.08 Å². The quantitative estimate of drug-likeness (QED) is 0.449. The Morgan fingerprint density at radius 1 is 1.04 bits per heavy atom. The molecule has 0 aliphatic carbocycles. The molecule has 0 bridgehead atoms. The summed E-state index contributed by atoms with van der Waals surface area (Å²) in [5, 5.41) is 2.31. The van der Waals surface area contributed by atoms with Crippen molar-refractivity contribution in [3.63, 3.8) is 0 Å². The summed E-state index contributed by atoms with van der Waals surface area (Å²) in [5.74, 6) is 0.804. The molecule has 1 aliphatic heterocycles. The van der Waals surface area contributed by atoms with E-state index in [0.717, 1.165) is 11.1 Å². The molecule has 1 aliphatic rings. The monoisotopic (exact) mass is 381 g/mol. The Bertz CT molecular complexity index is 908. The van der Waals surface area contributed by atoms with E-state index >= 15 is 0 Å². The van der Waals surface area contributed by atoms with Crippen LogP contribution >= 0.6 is 0 Å². The van der Waals surface area contributed by atoms with Gasteiger partial charge in [0.2, 0.25) is 5.75 Å². The van der Waals surface area contributed by atoms with Crippen LogP contribution in [0, 0.1) is 0 Å². The first-order valence-electron chi connectivity index (χ1n) is 8.45. The van der Waals surface area contributed by atoms with Gasteiger partial charge in [0.15, 0.2) is 11.5 Å². The van der Waals surface area contributed by atoms with E-state index in [4.69, 9.17) is 14.2 Å². The van der Waals surface area contributed by atoms with E-state index in [2.05, 4.69) is 10.1 Å². The van der Waals surface area contributed by atoms with Crippen LogP contribution in [-0.2, 0) is 16.1 Å². The molecule has 1 amide bonds. The maximum Gasteiger partial charge on any atom is 0.419 e. The van der Waals surface area contributed by atoms with Crippen molar-refractivity contribution in [2.45, 2.75) is 6.61 Å². The van der Waals surface area contributed by atoms with Gasteiger partial charge in [-0.2, -0.15) is 0 Å². The molecule has 1 N–H and O–H groups in total. The van der Waals surface area contributed by atoms with Crippen LogP contribution in [0.2, 0.25) is 0 Å². The molecule has 144 valence electrons. The molecule has 28 heavy (non-hydrogen) atoms. The first-order valence-corrected chi connectivity index (χ1v) is 8.45. The van der Waals surface area contributed by atoms with Crippen LogP contribution in [0.5, 0.6) is 17.2 Å². The molecule has 1 fully saturated rings. The predicted molar refractivity (Wildman–Crippen MR) is 102 cm³/mol. The molecule has 2 aromatic carbocycles. The van der Waals surface area contributed by atoms with Crippen molar-refractivity contribution in [2.24, 2.45) is 0 Å². The van der Waals surface area contributed by atoms with Crippen molar-refractivity contribution < 1.29 is 28.5 Å². The third-order valence-corrected chi connectivity index (χ3v) is 3.90. The Balaban J connectivity index is 1.80. The second-order valence-electron chi connectivity index (χ2n) is 5.77. The molecule has 0 radical (unpaired) electrons. The number of hydrogen-bond donors (Lipinski definition) is 1. The fourth-order valence-corrected chi connectivity index (χ4v) is 2.56. The van der Waals surface area contributed by atoms with Gasteiger partial charge in [0.1, 0.15) is 12.3 Å². The Hall–Kier alpha value is -3.74. The first-order chi connectivity index (χ1) is 13.6. The van der Waals surface area contributed by atoms with Crippen molar-refractivity contribution in [1.82, 2.24) is 5.32 Å². The average Bonchev–Trinajstić information content (AvgIpc) is 3.03. The summed E-state index contributed by atoms with van der Waals surface area (Å²) in [6, 6.07) is 13.3. The highest BCUT2D eigenvalue weighted by molar-refractivity contribution is 6.04. The molecule has 0 unspecified atom stereocenters. The summed E-state index contributed by atoms with van der Waals surface area (Å²) in [6.45, 7) is 0.372. The van der Waals surface area contributed by atoms with Crippen LogP contribution in [0.1, 0.15) is 11.1 Å². The fourth-order valence-electron chi connectivity index (χ4n) is 2.56. The number of hydrogen-bond acceptors (Lipinski definition) is 6. The van der Waals surface area contributed by atoms with Gasteiger partial charge in [-0.3, -0.25) is 5.32 Å². The first kappa shape index (κ1) is 19.0. The Kier molecular flexibility index (Phi) is 5.96. The van der Waals surface area contributed by atoms with Crippen LogP contribution < -0.4 is 19.5 Å². The van der Waals surface area contributed by atoms with E-state index < -0.39 is 12.1 Å². The zero-order valence-electron chi connectivity index (χ0n) is 15.4. The summed E-state index contributed by atoms with van der Waals surface area (Å²) < 4.78 is 21.2. The largest absolute Gasteiger partial charge is 0.493 e. The molecular weight excluding hydrogens is 362 g/mol. The lowest BCUT2D eigenvalue weighted by atomic mass is 10.1. The normalized spacial score (nSPS) is 14.9. The SMILES string of the molecule is COc1cc(C=CC=C2NC(=O)OC2=O)cc(OC)c1OCc1ccccc1. The number of allylic oxidation sites excluding steroid dienone is 2. The maximum absolute atomic E-state index is 11.4. The Morgan fingerprint density at radius 2 is 1.71 bits per heavy atom. The number of ether oxygens (including phenoxy) is 4. The number of benzene rings is 2. The molecule has 1 saturated heterocycles. The van der Waals surface area contributed by atoms with Gasteiger partial charge in [-0.05, 0) is 29.3 Å². The van der Waals surface area contributed by atoms with Crippen molar-refractivity contribution in [2.75, 3.05) is 14.2 Å². The highest BCUT2D eigenvalue weighted by atomic mass is 16.6. The van der Waals surface area contributed by atoms with Gasteiger partial charge in [-0.15, -0.1) is 0 Å². The number of alkyl carbamates (subject to hydrolysis) is 1. The molecule has 1 heterocycles. The van der Waals surface area contributed by atoms with E-state index in [1.54, 1.807) is 38.5 Å². The van der Waals surface area contributed by atoms with E-state index in [0.29, 0.717) is 23.9 Å². The molecule has 7 heteroatoms. The molecule has 2 aromatic rings. The Morgan fingerprint density at radius 3 is 2.29 bits per heavy atom. The highest BCUT2D eigenvalue weighted by Crippen LogP contribution is 2.39. The summed E-state index contributed by atoms with van der Waals surface area (Å²) in [4.78, 5) is 22.4. The second kappa shape index (κ2) is 8.77. The minimum atomic E-state index is -0.784. The minimum Gasteiger partial charge on any atom is -0.493 e. The maximum atomic E-state index is 11.4. The zero-order valence-corrected chi connectivity index (χ0v) is 15.4. The van der Waals surface area contributed by atoms with Gasteiger partial charge in [-0.25, -0.2) is 9.59 Å². The Labute approximate surface area is 162 Å². The van der Waals surface area contributed by atoms with E-state index in [1.807, 2.05) is 30.3 Å². The number of nitrogens with one attached hydrogen (secondary N) is 1. The van der Waals surface area contributed by atoms with Gasteiger partial charge < -0.3 is 18.9 Å². The highest BCUT2D eigenvalue weighted by Gasteiger charge is 2.25. The van der Waals surface area contributed by atoms with Crippen LogP contribution in [0.15, 0.2) is 60.3 Å². The second-order valence-corrected chi connectivity index (χ2v) is 5.77. The van der Waals surface area contributed by atoms with Crippen LogP contribution in [-0.4, -0.2) is 26.3 Å². The molecule has 0 aromatic heterocycles. The van der Waals surface area contributed by atoms with Crippen LogP contribution in [0.25, 0.3) is 6.08 Å². The summed E-state index contributed by atoms with van der Waals surface area (Å²) in [7, 11) is 3.09. The number of methoxy groups -OCH3 is 2. The van der Waals surface area contributed by atoms with Gasteiger partial charge >= 0.3 is 12.1 Å². The number of carbonyl (C=O) groups is 2. The summed E-state index contributed by atoms with van der Waals surface area (Å²) in [5.41, 5.74) is 1.85. The average molecular weight is 381 g/mol. The van der Waals surface area contributed by atoms with E-state index in [9.17, 15) is 9.59 Å². The summed E-state index contributed by atoms with van der Waals surface area (Å²) >= 11 is 0. The number of amides is 1. The lowest BCUT2D eigenvalue weighted by molar-refractivity contribution is -0.130. The third-order valence-electron chi connectivity index (χ3n) is 3.90. The number of carbonyl (C=O) groups excluding carboxylic acids is 2. The molecule has 3 rings (SSSR count). The van der Waals surface area contributed by atoms with Crippen LogP contribution in [0.4, 0.5) is 4.79 Å². The topological polar surface area (TPSA) is 83.1 Å². The van der Waals surface area contributed by atoms with Crippen molar-refractivity contribution in [3.8, 4) is 17.2 Å². The van der Waals surface area contributed by atoms with Crippen molar-refractivity contribution >= 4 is 18.1 Å². The molecule has 7 nitrogen and oxygen atoms in total. The lowest BCUT2D eigenvalue weighted by Gasteiger charge is -2.15. The van der Waals surface area contributed by atoms with Crippen molar-refractivity contribution in [1.29, 1.82) is 0 Å². The molecule has 0 spiro atoms. The summed E-state index contributed by atoms with van der Waals surface area (Å²) in [6.07, 6.45) is 4.01. The van der Waals surface area contributed by atoms with Gasteiger partial charge in [0.25, 0.3) is 0 Å². The number of cyclic esters (lactones) is 2. The van der Waals surface area contributed by atoms with Gasteiger partial charge in [0, 0.05) is 0 Å². The predicted octanol–water partition coefficient (Wildman–Crippen LogP) is 3.45. The lowest BCUT2D eigenvalue weighted by Crippen LogP contribution is -2.11. The van der Waals surface area contributed by atoms with E-state index in [-0.39, 0.29) is 5.70 Å². The fraction of sp³-hybridized carbons (Fsp3) is 0.143. The number of rotatable bonds is 7.